The van der Waals surface area contributed by atoms with Gasteiger partial charge in [-0.05, 0) is 47.3 Å². The Kier molecular flexibility index (Phi) is 5.34. The van der Waals surface area contributed by atoms with E-state index in [1.807, 2.05) is 47.4 Å². The molecule has 0 bridgehead atoms. The van der Waals surface area contributed by atoms with Gasteiger partial charge in [0.15, 0.2) is 5.11 Å². The van der Waals surface area contributed by atoms with E-state index in [0.717, 1.165) is 16.5 Å². The van der Waals surface area contributed by atoms with E-state index < -0.39 is 10.0 Å². The van der Waals surface area contributed by atoms with Gasteiger partial charge in [-0.1, -0.05) is 30.3 Å². The molecule has 1 fully saturated rings. The lowest BCUT2D eigenvalue weighted by atomic mass is 10.1. The van der Waals surface area contributed by atoms with Gasteiger partial charge in [-0.2, -0.15) is 4.31 Å². The summed E-state index contributed by atoms with van der Waals surface area (Å²) >= 11 is 5.43. The molecule has 1 saturated heterocycles. The van der Waals surface area contributed by atoms with Crippen LogP contribution in [0.25, 0.3) is 10.8 Å². The number of benzene rings is 2. The van der Waals surface area contributed by atoms with Crippen molar-refractivity contribution in [2.45, 2.75) is 11.4 Å². The zero-order chi connectivity index (χ0) is 19.6. The molecule has 1 aliphatic rings. The number of fused-ring (bicyclic) bond motifs is 1. The molecule has 1 aromatic heterocycles. The lowest BCUT2D eigenvalue weighted by Crippen LogP contribution is -2.52. The van der Waals surface area contributed by atoms with Gasteiger partial charge < -0.3 is 14.6 Å². The van der Waals surface area contributed by atoms with E-state index >= 15 is 0 Å². The molecule has 2 aromatic carbocycles. The van der Waals surface area contributed by atoms with E-state index in [2.05, 4.69) is 5.32 Å². The molecule has 0 aliphatic carbocycles. The lowest BCUT2D eigenvalue weighted by molar-refractivity contribution is 0.263. The first-order valence-corrected chi connectivity index (χ1v) is 10.9. The molecule has 6 nitrogen and oxygen atoms in total. The van der Waals surface area contributed by atoms with Crippen LogP contribution in [0.3, 0.4) is 0 Å². The molecule has 0 atom stereocenters. The van der Waals surface area contributed by atoms with Crippen molar-refractivity contribution in [3.8, 4) is 0 Å². The quantitative estimate of drug-likeness (QED) is 0.661. The fraction of sp³-hybridized carbons (Fsp3) is 0.250. The van der Waals surface area contributed by atoms with Crippen molar-refractivity contribution in [2.75, 3.05) is 26.2 Å². The van der Waals surface area contributed by atoms with Crippen LogP contribution in [-0.4, -0.2) is 48.9 Å². The monoisotopic (exact) mass is 415 g/mol. The van der Waals surface area contributed by atoms with Crippen LogP contribution in [0.4, 0.5) is 0 Å². The molecule has 0 radical (unpaired) electrons. The minimum Gasteiger partial charge on any atom is -0.467 e. The van der Waals surface area contributed by atoms with Crippen LogP contribution in [0.2, 0.25) is 0 Å². The van der Waals surface area contributed by atoms with Crippen molar-refractivity contribution in [2.24, 2.45) is 0 Å². The number of sulfonamides is 1. The molecule has 146 valence electrons. The fourth-order valence-corrected chi connectivity index (χ4v) is 5.01. The second-order valence-electron chi connectivity index (χ2n) is 6.64. The summed E-state index contributed by atoms with van der Waals surface area (Å²) in [7, 11) is -3.52. The normalized spacial score (nSPS) is 15.6. The average molecular weight is 416 g/mol. The molecular formula is C20H21N3O3S2. The highest BCUT2D eigenvalue weighted by Gasteiger charge is 2.29. The van der Waals surface area contributed by atoms with Gasteiger partial charge in [0, 0.05) is 26.2 Å². The van der Waals surface area contributed by atoms with Crippen LogP contribution in [-0.2, 0) is 16.6 Å². The Balaban J connectivity index is 1.39. The second kappa shape index (κ2) is 7.90. The molecule has 0 spiro atoms. The maximum atomic E-state index is 13.0. The van der Waals surface area contributed by atoms with Gasteiger partial charge in [-0.25, -0.2) is 8.42 Å². The van der Waals surface area contributed by atoms with Gasteiger partial charge in [0.25, 0.3) is 0 Å². The molecule has 2 heterocycles. The third-order valence-corrected chi connectivity index (χ3v) is 7.18. The molecule has 0 unspecified atom stereocenters. The van der Waals surface area contributed by atoms with Crippen molar-refractivity contribution >= 4 is 38.1 Å². The van der Waals surface area contributed by atoms with Crippen LogP contribution >= 0.6 is 12.2 Å². The SMILES string of the molecule is O=S(=O)(c1ccc2ccccc2c1)N1CCN(C(=S)NCc2ccco2)CC1. The molecule has 0 amide bonds. The molecule has 1 aliphatic heterocycles. The smallest absolute Gasteiger partial charge is 0.243 e. The van der Waals surface area contributed by atoms with Crippen molar-refractivity contribution in [1.29, 1.82) is 0 Å². The predicted octanol–water partition coefficient (Wildman–Crippen LogP) is 2.81. The zero-order valence-corrected chi connectivity index (χ0v) is 16.9. The minimum atomic E-state index is -3.52. The molecular weight excluding hydrogens is 394 g/mol. The zero-order valence-electron chi connectivity index (χ0n) is 15.2. The number of piperazine rings is 1. The molecule has 8 heteroatoms. The van der Waals surface area contributed by atoms with Gasteiger partial charge in [0.05, 0.1) is 17.7 Å². The molecule has 4 rings (SSSR count). The number of nitrogens with zero attached hydrogens (tertiary/aromatic N) is 2. The summed E-state index contributed by atoms with van der Waals surface area (Å²) < 4.78 is 32.9. The standard InChI is InChI=1S/C20H21N3O3S2/c24-28(25,19-8-7-16-4-1-2-5-17(16)14-19)23-11-9-22(10-12-23)20(27)21-15-18-6-3-13-26-18/h1-8,13-14H,9-12,15H2,(H,21,27). The summed E-state index contributed by atoms with van der Waals surface area (Å²) in [5.74, 6) is 0.805. The van der Waals surface area contributed by atoms with Gasteiger partial charge >= 0.3 is 0 Å². The summed E-state index contributed by atoms with van der Waals surface area (Å²) in [6.45, 7) is 2.42. The first kappa shape index (κ1) is 18.9. The van der Waals surface area contributed by atoms with E-state index in [-0.39, 0.29) is 0 Å². The number of thiocarbonyl (C=S) groups is 1. The first-order valence-electron chi connectivity index (χ1n) is 9.08. The van der Waals surface area contributed by atoms with Gasteiger partial charge in [0.1, 0.15) is 5.76 Å². The second-order valence-corrected chi connectivity index (χ2v) is 8.96. The van der Waals surface area contributed by atoms with Crippen LogP contribution in [0.1, 0.15) is 5.76 Å². The highest BCUT2D eigenvalue weighted by molar-refractivity contribution is 7.89. The third kappa shape index (κ3) is 3.89. The van der Waals surface area contributed by atoms with Crippen molar-refractivity contribution in [3.05, 3.63) is 66.6 Å². The van der Waals surface area contributed by atoms with E-state index in [9.17, 15) is 8.42 Å². The van der Waals surface area contributed by atoms with Gasteiger partial charge in [-0.15, -0.1) is 0 Å². The Bertz CT molecular complexity index is 1070. The fourth-order valence-electron chi connectivity index (χ4n) is 3.30. The Morgan fingerprint density at radius 2 is 1.75 bits per heavy atom. The number of furan rings is 1. The lowest BCUT2D eigenvalue weighted by Gasteiger charge is -2.35. The van der Waals surface area contributed by atoms with E-state index in [0.29, 0.717) is 42.7 Å². The highest BCUT2D eigenvalue weighted by atomic mass is 32.2. The van der Waals surface area contributed by atoms with E-state index in [1.165, 1.54) is 4.31 Å². The van der Waals surface area contributed by atoms with Crippen LogP contribution in [0, 0.1) is 0 Å². The first-order chi connectivity index (χ1) is 13.5. The number of hydrogen-bond acceptors (Lipinski definition) is 4. The van der Waals surface area contributed by atoms with Crippen molar-refractivity contribution < 1.29 is 12.8 Å². The van der Waals surface area contributed by atoms with Crippen LogP contribution in [0.15, 0.2) is 70.2 Å². The van der Waals surface area contributed by atoms with Crippen LogP contribution in [0.5, 0.6) is 0 Å². The molecule has 3 aromatic rings. The van der Waals surface area contributed by atoms with Crippen molar-refractivity contribution in [3.63, 3.8) is 0 Å². The summed E-state index contributed by atoms with van der Waals surface area (Å²) in [6, 6.07) is 16.7. The Hall–Kier alpha value is -2.42. The van der Waals surface area contributed by atoms with E-state index in [4.69, 9.17) is 16.6 Å². The Labute approximate surface area is 169 Å². The third-order valence-electron chi connectivity index (χ3n) is 4.88. The molecule has 28 heavy (non-hydrogen) atoms. The number of rotatable bonds is 4. The number of hydrogen-bond donors (Lipinski definition) is 1. The summed E-state index contributed by atoms with van der Waals surface area (Å²) in [5, 5.41) is 5.71. The van der Waals surface area contributed by atoms with E-state index in [1.54, 1.807) is 18.4 Å². The van der Waals surface area contributed by atoms with Gasteiger partial charge in [-0.3, -0.25) is 0 Å². The Morgan fingerprint density at radius 3 is 2.46 bits per heavy atom. The average Bonchev–Trinajstić information content (AvgIpc) is 3.25. The summed E-state index contributed by atoms with van der Waals surface area (Å²) in [6.07, 6.45) is 1.62. The summed E-state index contributed by atoms with van der Waals surface area (Å²) in [4.78, 5) is 2.32. The number of nitrogens with one attached hydrogen (secondary N) is 1. The van der Waals surface area contributed by atoms with Crippen molar-refractivity contribution in [1.82, 2.24) is 14.5 Å². The highest BCUT2D eigenvalue weighted by Crippen LogP contribution is 2.22. The largest absolute Gasteiger partial charge is 0.467 e. The Morgan fingerprint density at radius 1 is 1.00 bits per heavy atom. The van der Waals surface area contributed by atoms with Crippen LogP contribution < -0.4 is 5.32 Å². The molecule has 1 N–H and O–H groups in total. The van der Waals surface area contributed by atoms with Gasteiger partial charge in [0.2, 0.25) is 10.0 Å². The minimum absolute atomic E-state index is 0.332. The topological polar surface area (TPSA) is 65.8 Å². The maximum Gasteiger partial charge on any atom is 0.243 e. The predicted molar refractivity (Wildman–Crippen MR) is 112 cm³/mol. The molecule has 0 saturated carbocycles. The maximum absolute atomic E-state index is 13.0. The summed E-state index contributed by atoms with van der Waals surface area (Å²) in [5.41, 5.74) is 0.